The first-order valence-electron chi connectivity index (χ1n) is 8.89. The topological polar surface area (TPSA) is 94.5 Å². The molecule has 29 heavy (non-hydrogen) atoms. The number of esters is 1. The molecule has 0 saturated carbocycles. The van der Waals surface area contributed by atoms with Crippen molar-refractivity contribution in [2.24, 2.45) is 0 Å². The molecule has 1 N–H and O–H groups in total. The number of ether oxygens (including phenoxy) is 1. The van der Waals surface area contributed by atoms with Crippen LogP contribution in [0.2, 0.25) is 0 Å². The van der Waals surface area contributed by atoms with Crippen LogP contribution in [0.4, 0.5) is 0 Å². The molecule has 0 radical (unpaired) electrons. The fourth-order valence-electron chi connectivity index (χ4n) is 2.83. The number of benzene rings is 1. The van der Waals surface area contributed by atoms with Gasteiger partial charge in [0.1, 0.15) is 0 Å². The zero-order chi connectivity index (χ0) is 21.6. The molecule has 0 atom stereocenters. The number of carbonyl (C=O) groups excluding carboxylic acids is 2. The number of carbonyl (C=O) groups is 2. The lowest BCUT2D eigenvalue weighted by Gasteiger charge is -2.08. The third-order valence-electron chi connectivity index (χ3n) is 4.32. The first-order valence-corrected chi connectivity index (χ1v) is 10.4. The van der Waals surface area contributed by atoms with Gasteiger partial charge < -0.3 is 9.30 Å². The summed E-state index contributed by atoms with van der Waals surface area (Å²) in [7, 11) is -3.77. The van der Waals surface area contributed by atoms with Gasteiger partial charge in [0, 0.05) is 30.0 Å². The van der Waals surface area contributed by atoms with E-state index in [1.54, 1.807) is 12.1 Å². The van der Waals surface area contributed by atoms with Crippen molar-refractivity contribution < 1.29 is 22.7 Å². The second-order valence-electron chi connectivity index (χ2n) is 6.35. The summed E-state index contributed by atoms with van der Waals surface area (Å²) in [4.78, 5) is 24.7. The molecule has 0 fully saturated rings. The number of allylic oxidation sites excluding steroid dienone is 1. The van der Waals surface area contributed by atoms with Gasteiger partial charge >= 0.3 is 5.97 Å². The third kappa shape index (κ3) is 5.30. The Bertz CT molecular complexity index is 1050. The summed E-state index contributed by atoms with van der Waals surface area (Å²) in [5, 5.41) is 0. The van der Waals surface area contributed by atoms with Crippen LogP contribution >= 0.6 is 0 Å². The normalized spacial score (nSPS) is 11.1. The lowest BCUT2D eigenvalue weighted by Crippen LogP contribution is -2.24. The van der Waals surface area contributed by atoms with Crippen molar-refractivity contribution in [3.05, 3.63) is 78.2 Å². The van der Waals surface area contributed by atoms with Crippen LogP contribution in [0, 0.1) is 13.8 Å². The van der Waals surface area contributed by atoms with Crippen LogP contribution in [0.3, 0.4) is 0 Å². The maximum absolute atomic E-state index is 12.5. The Morgan fingerprint density at radius 2 is 1.90 bits per heavy atom. The summed E-state index contributed by atoms with van der Waals surface area (Å²) in [5.74, 6) is -1.11. The molecule has 1 aromatic carbocycles. The molecule has 0 spiro atoms. The number of aryl methyl sites for hydroxylation is 1. The average Bonchev–Trinajstić information content (AvgIpc) is 2.99. The molecule has 0 aliphatic carbocycles. The summed E-state index contributed by atoms with van der Waals surface area (Å²) in [5.41, 5.74) is 2.19. The highest BCUT2D eigenvalue weighted by atomic mass is 32.2. The maximum atomic E-state index is 12.5. The fraction of sp³-hybridized carbons (Fsp3) is 0.238. The molecule has 8 heteroatoms. The molecular weight excluding hydrogens is 392 g/mol. The van der Waals surface area contributed by atoms with Crippen molar-refractivity contribution >= 4 is 21.8 Å². The molecule has 7 nitrogen and oxygen atoms in total. The number of nitrogens with zero attached hydrogens (tertiary/aromatic N) is 1. The van der Waals surface area contributed by atoms with Crippen LogP contribution < -0.4 is 4.72 Å². The zero-order valence-electron chi connectivity index (χ0n) is 16.5. The van der Waals surface area contributed by atoms with E-state index in [1.165, 1.54) is 30.3 Å². The Labute approximate surface area is 170 Å². The summed E-state index contributed by atoms with van der Waals surface area (Å²) in [6.45, 7) is 11.0. The number of hydrogen-bond acceptors (Lipinski definition) is 5. The van der Waals surface area contributed by atoms with Crippen molar-refractivity contribution in [3.8, 4) is 0 Å². The third-order valence-corrected chi connectivity index (χ3v) is 5.74. The summed E-state index contributed by atoms with van der Waals surface area (Å²) >= 11 is 0. The Morgan fingerprint density at radius 3 is 2.55 bits per heavy atom. The largest absolute Gasteiger partial charge is 0.454 e. The number of nitrogens with one attached hydrogen (secondary N) is 1. The lowest BCUT2D eigenvalue weighted by molar-refractivity contribution is 0.0474. The maximum Gasteiger partial charge on any atom is 0.338 e. The minimum Gasteiger partial charge on any atom is -0.454 e. The summed E-state index contributed by atoms with van der Waals surface area (Å²) in [6.07, 6.45) is 3.15. The summed E-state index contributed by atoms with van der Waals surface area (Å²) < 4.78 is 33.7. The second kappa shape index (κ2) is 9.49. The molecule has 154 valence electrons. The Hall–Kier alpha value is -2.97. The van der Waals surface area contributed by atoms with Gasteiger partial charge in [0.2, 0.25) is 15.8 Å². The van der Waals surface area contributed by atoms with Gasteiger partial charge in [-0.15, -0.1) is 13.2 Å². The van der Waals surface area contributed by atoms with E-state index >= 15 is 0 Å². The van der Waals surface area contributed by atoms with Gasteiger partial charge in [-0.25, -0.2) is 17.9 Å². The van der Waals surface area contributed by atoms with E-state index in [4.69, 9.17) is 4.74 Å². The lowest BCUT2D eigenvalue weighted by atomic mass is 10.1. The number of rotatable bonds is 10. The average molecular weight is 416 g/mol. The summed E-state index contributed by atoms with van der Waals surface area (Å²) in [6, 6.07) is 7.17. The fourth-order valence-corrected chi connectivity index (χ4v) is 3.87. The van der Waals surface area contributed by atoms with Gasteiger partial charge in [0.05, 0.1) is 10.5 Å². The number of ketones is 1. The van der Waals surface area contributed by atoms with E-state index in [-0.39, 0.29) is 22.8 Å². The van der Waals surface area contributed by atoms with Gasteiger partial charge in [-0.05, 0) is 38.1 Å². The molecule has 0 aliphatic heterocycles. The molecule has 0 unspecified atom stereocenters. The van der Waals surface area contributed by atoms with Crippen LogP contribution in [-0.4, -0.2) is 37.9 Å². The quantitative estimate of drug-likeness (QED) is 0.365. The zero-order valence-corrected chi connectivity index (χ0v) is 17.3. The molecule has 1 heterocycles. The van der Waals surface area contributed by atoms with E-state index in [0.717, 1.165) is 11.4 Å². The number of aromatic nitrogens is 1. The van der Waals surface area contributed by atoms with E-state index in [2.05, 4.69) is 17.9 Å². The minimum absolute atomic E-state index is 0.0383. The minimum atomic E-state index is -3.77. The smallest absolute Gasteiger partial charge is 0.338 e. The van der Waals surface area contributed by atoms with Crippen LogP contribution in [0.5, 0.6) is 0 Å². The Morgan fingerprint density at radius 1 is 1.17 bits per heavy atom. The number of Topliss-reactive ketones (excluding diaryl/α,β-unsaturated/α-hetero) is 1. The molecule has 1 aromatic heterocycles. The van der Waals surface area contributed by atoms with Crippen molar-refractivity contribution in [3.63, 3.8) is 0 Å². The van der Waals surface area contributed by atoms with E-state index in [1.807, 2.05) is 18.4 Å². The van der Waals surface area contributed by atoms with Crippen LogP contribution in [0.25, 0.3) is 0 Å². The highest BCUT2D eigenvalue weighted by Crippen LogP contribution is 2.17. The second-order valence-corrected chi connectivity index (χ2v) is 8.12. The molecule has 0 bridgehead atoms. The predicted molar refractivity (Wildman–Crippen MR) is 111 cm³/mol. The predicted octanol–water partition coefficient (Wildman–Crippen LogP) is 2.79. The molecule has 0 saturated heterocycles. The van der Waals surface area contributed by atoms with Crippen LogP contribution in [0.1, 0.15) is 32.1 Å². The molecule has 2 rings (SSSR count). The van der Waals surface area contributed by atoms with Gasteiger partial charge in [0.25, 0.3) is 0 Å². The van der Waals surface area contributed by atoms with Crippen molar-refractivity contribution in [1.82, 2.24) is 9.29 Å². The molecular formula is C21H24N2O5S. The van der Waals surface area contributed by atoms with Gasteiger partial charge in [0.15, 0.2) is 6.61 Å². The van der Waals surface area contributed by atoms with E-state index in [0.29, 0.717) is 12.1 Å². The first kappa shape index (κ1) is 22.3. The highest BCUT2D eigenvalue weighted by molar-refractivity contribution is 7.89. The van der Waals surface area contributed by atoms with Gasteiger partial charge in [-0.1, -0.05) is 18.2 Å². The van der Waals surface area contributed by atoms with Crippen LogP contribution in [-0.2, 0) is 21.3 Å². The first-order chi connectivity index (χ1) is 13.7. The SMILES string of the molecule is C=CCNS(=O)(=O)c1cccc(C(=O)OCC(=O)c2cc(C)n(CC=C)c2C)c1. The van der Waals surface area contributed by atoms with Crippen molar-refractivity contribution in [2.75, 3.05) is 13.2 Å². The van der Waals surface area contributed by atoms with Gasteiger partial charge in [-0.2, -0.15) is 0 Å². The number of hydrogen-bond donors (Lipinski definition) is 1. The van der Waals surface area contributed by atoms with E-state index in [9.17, 15) is 18.0 Å². The molecule has 0 aliphatic rings. The number of sulfonamides is 1. The highest BCUT2D eigenvalue weighted by Gasteiger charge is 2.19. The van der Waals surface area contributed by atoms with Crippen molar-refractivity contribution in [1.29, 1.82) is 0 Å². The van der Waals surface area contributed by atoms with E-state index < -0.39 is 22.6 Å². The standard InChI is InChI=1S/C21H24N2O5S/c1-5-10-22-29(26,27)18-9-7-8-17(13-18)21(25)28-14-20(24)19-12-15(3)23(11-6-2)16(19)4/h5-9,12-13,22H,1-2,10-11,14H2,3-4H3. The van der Waals surface area contributed by atoms with Crippen LogP contribution in [0.15, 0.2) is 60.5 Å². The Kier molecular flexibility index (Phi) is 7.30. The molecule has 2 aromatic rings. The van der Waals surface area contributed by atoms with Gasteiger partial charge in [-0.3, -0.25) is 4.79 Å². The van der Waals surface area contributed by atoms with Crippen molar-refractivity contribution in [2.45, 2.75) is 25.3 Å². The Balaban J connectivity index is 2.11. The molecule has 0 amide bonds. The monoisotopic (exact) mass is 416 g/mol.